The summed E-state index contributed by atoms with van der Waals surface area (Å²) in [6.45, 7) is 5.32. The third kappa shape index (κ3) is 4.53. The SMILES string of the molecule is CC(C)CNCc1c(F)cccc1Oc1cccc(F)c1. The number of nitrogens with one attached hydrogen (secondary N) is 1. The quantitative estimate of drug-likeness (QED) is 0.846. The highest BCUT2D eigenvalue weighted by molar-refractivity contribution is 5.38. The number of benzene rings is 2. The predicted molar refractivity (Wildman–Crippen MR) is 79.4 cm³/mol. The molecule has 1 N–H and O–H groups in total. The predicted octanol–water partition coefficient (Wildman–Crippen LogP) is 4.50. The molecule has 0 atom stereocenters. The average Bonchev–Trinajstić information content (AvgIpc) is 2.41. The Morgan fingerprint density at radius 3 is 2.57 bits per heavy atom. The van der Waals surface area contributed by atoms with E-state index in [4.69, 9.17) is 4.74 Å². The van der Waals surface area contributed by atoms with Crippen molar-refractivity contribution in [2.24, 2.45) is 5.92 Å². The van der Waals surface area contributed by atoms with Crippen LogP contribution in [0.25, 0.3) is 0 Å². The molecule has 0 spiro atoms. The van der Waals surface area contributed by atoms with Crippen molar-refractivity contribution in [3.8, 4) is 11.5 Å². The molecule has 2 aromatic carbocycles. The van der Waals surface area contributed by atoms with Crippen LogP contribution in [0.5, 0.6) is 11.5 Å². The lowest BCUT2D eigenvalue weighted by atomic mass is 10.1. The summed E-state index contributed by atoms with van der Waals surface area (Å²) in [7, 11) is 0. The van der Waals surface area contributed by atoms with Crippen molar-refractivity contribution >= 4 is 0 Å². The van der Waals surface area contributed by atoms with Gasteiger partial charge in [-0.3, -0.25) is 0 Å². The van der Waals surface area contributed by atoms with Gasteiger partial charge in [0.2, 0.25) is 0 Å². The van der Waals surface area contributed by atoms with Crippen LogP contribution < -0.4 is 10.1 Å². The Balaban J connectivity index is 2.16. The molecule has 0 aliphatic carbocycles. The lowest BCUT2D eigenvalue weighted by Crippen LogP contribution is -2.20. The maximum Gasteiger partial charge on any atom is 0.134 e. The Bertz CT molecular complexity index is 599. The van der Waals surface area contributed by atoms with Crippen molar-refractivity contribution in [3.63, 3.8) is 0 Å². The van der Waals surface area contributed by atoms with Crippen LogP contribution in [0.3, 0.4) is 0 Å². The van der Waals surface area contributed by atoms with E-state index in [2.05, 4.69) is 19.2 Å². The fraction of sp³-hybridized carbons (Fsp3) is 0.294. The first-order valence-corrected chi connectivity index (χ1v) is 6.98. The Morgan fingerprint density at radius 2 is 1.86 bits per heavy atom. The molecule has 112 valence electrons. The molecule has 0 bridgehead atoms. The van der Waals surface area contributed by atoms with Gasteiger partial charge in [-0.2, -0.15) is 0 Å². The highest BCUT2D eigenvalue weighted by Crippen LogP contribution is 2.27. The molecule has 2 nitrogen and oxygen atoms in total. The molecule has 21 heavy (non-hydrogen) atoms. The van der Waals surface area contributed by atoms with Gasteiger partial charge >= 0.3 is 0 Å². The van der Waals surface area contributed by atoms with Gasteiger partial charge < -0.3 is 10.1 Å². The first-order valence-electron chi connectivity index (χ1n) is 6.98. The minimum Gasteiger partial charge on any atom is -0.457 e. The second-order valence-corrected chi connectivity index (χ2v) is 5.30. The third-order valence-corrected chi connectivity index (χ3v) is 2.95. The lowest BCUT2D eigenvalue weighted by Gasteiger charge is -2.13. The van der Waals surface area contributed by atoms with Crippen molar-refractivity contribution in [2.75, 3.05) is 6.54 Å². The van der Waals surface area contributed by atoms with E-state index in [0.29, 0.717) is 29.5 Å². The second-order valence-electron chi connectivity index (χ2n) is 5.30. The summed E-state index contributed by atoms with van der Waals surface area (Å²) in [5, 5.41) is 3.19. The molecule has 0 unspecified atom stereocenters. The van der Waals surface area contributed by atoms with E-state index in [9.17, 15) is 8.78 Å². The summed E-state index contributed by atoms with van der Waals surface area (Å²) in [6.07, 6.45) is 0. The first-order chi connectivity index (χ1) is 10.1. The Morgan fingerprint density at radius 1 is 1.10 bits per heavy atom. The Labute approximate surface area is 123 Å². The smallest absolute Gasteiger partial charge is 0.134 e. The average molecular weight is 291 g/mol. The normalized spacial score (nSPS) is 10.9. The Hall–Kier alpha value is -1.94. The molecule has 4 heteroatoms. The molecule has 0 saturated carbocycles. The molecule has 2 rings (SSSR count). The van der Waals surface area contributed by atoms with Crippen LogP contribution in [0.2, 0.25) is 0 Å². The zero-order valence-corrected chi connectivity index (χ0v) is 12.2. The van der Waals surface area contributed by atoms with Crippen LogP contribution in [-0.2, 0) is 6.54 Å². The molecule has 0 saturated heterocycles. The molecule has 0 aliphatic heterocycles. The van der Waals surface area contributed by atoms with E-state index in [1.807, 2.05) is 0 Å². The summed E-state index contributed by atoms with van der Waals surface area (Å²) >= 11 is 0. The van der Waals surface area contributed by atoms with E-state index in [0.717, 1.165) is 6.54 Å². The molecule has 0 heterocycles. The van der Waals surface area contributed by atoms with Gasteiger partial charge in [-0.25, -0.2) is 8.78 Å². The van der Waals surface area contributed by atoms with E-state index in [1.54, 1.807) is 24.3 Å². The number of halogens is 2. The third-order valence-electron chi connectivity index (χ3n) is 2.95. The number of hydrogen-bond acceptors (Lipinski definition) is 2. The minimum absolute atomic E-state index is 0.333. The van der Waals surface area contributed by atoms with Crippen LogP contribution in [0, 0.1) is 17.6 Å². The van der Waals surface area contributed by atoms with E-state index >= 15 is 0 Å². The maximum atomic E-state index is 14.0. The molecule has 0 aromatic heterocycles. The molecule has 0 aliphatic rings. The van der Waals surface area contributed by atoms with Crippen molar-refractivity contribution in [1.29, 1.82) is 0 Å². The standard InChI is InChI=1S/C17H19F2NO/c1-12(2)10-20-11-15-16(19)7-4-8-17(15)21-14-6-3-5-13(18)9-14/h3-9,12,20H,10-11H2,1-2H3. The van der Waals surface area contributed by atoms with E-state index in [-0.39, 0.29) is 11.6 Å². The van der Waals surface area contributed by atoms with Gasteiger partial charge in [0, 0.05) is 18.2 Å². The van der Waals surface area contributed by atoms with Crippen molar-refractivity contribution in [3.05, 3.63) is 59.7 Å². The largest absolute Gasteiger partial charge is 0.457 e. The summed E-state index contributed by atoms with van der Waals surface area (Å²) in [5.74, 6) is 0.510. The second kappa shape index (κ2) is 7.18. The highest BCUT2D eigenvalue weighted by Gasteiger charge is 2.11. The van der Waals surface area contributed by atoms with Gasteiger partial charge in [-0.1, -0.05) is 26.0 Å². The molecule has 0 fully saturated rings. The summed E-state index contributed by atoms with van der Waals surface area (Å²) in [5.41, 5.74) is 0.447. The first kappa shape index (κ1) is 15.4. The van der Waals surface area contributed by atoms with Crippen molar-refractivity contribution in [1.82, 2.24) is 5.32 Å². The van der Waals surface area contributed by atoms with Gasteiger partial charge in [-0.15, -0.1) is 0 Å². The van der Waals surface area contributed by atoms with Gasteiger partial charge in [0.25, 0.3) is 0 Å². The molecular weight excluding hydrogens is 272 g/mol. The fourth-order valence-electron chi connectivity index (χ4n) is 1.95. The van der Waals surface area contributed by atoms with Crippen molar-refractivity contribution in [2.45, 2.75) is 20.4 Å². The van der Waals surface area contributed by atoms with Crippen LogP contribution >= 0.6 is 0 Å². The van der Waals surface area contributed by atoms with Gasteiger partial charge in [0.05, 0.1) is 0 Å². The number of rotatable bonds is 6. The summed E-state index contributed by atoms with van der Waals surface area (Å²) < 4.78 is 32.7. The van der Waals surface area contributed by atoms with Crippen LogP contribution in [0.15, 0.2) is 42.5 Å². The zero-order chi connectivity index (χ0) is 15.2. The zero-order valence-electron chi connectivity index (χ0n) is 12.2. The van der Waals surface area contributed by atoms with Gasteiger partial charge in [-0.05, 0) is 36.7 Å². The highest BCUT2D eigenvalue weighted by atomic mass is 19.1. The lowest BCUT2D eigenvalue weighted by molar-refractivity contribution is 0.453. The van der Waals surface area contributed by atoms with Crippen LogP contribution in [0.4, 0.5) is 8.78 Å². The monoisotopic (exact) mass is 291 g/mol. The molecule has 2 aromatic rings. The van der Waals surface area contributed by atoms with E-state index < -0.39 is 0 Å². The molecule has 0 amide bonds. The van der Waals surface area contributed by atoms with Gasteiger partial charge in [0.15, 0.2) is 0 Å². The van der Waals surface area contributed by atoms with Gasteiger partial charge in [0.1, 0.15) is 23.1 Å². The maximum absolute atomic E-state index is 14.0. The molecule has 0 radical (unpaired) electrons. The number of hydrogen-bond donors (Lipinski definition) is 1. The van der Waals surface area contributed by atoms with Crippen LogP contribution in [-0.4, -0.2) is 6.54 Å². The minimum atomic E-state index is -0.386. The summed E-state index contributed by atoms with van der Waals surface area (Å²) in [6, 6.07) is 10.5. The Kier molecular flexibility index (Phi) is 5.28. The van der Waals surface area contributed by atoms with Crippen molar-refractivity contribution < 1.29 is 13.5 Å². The van der Waals surface area contributed by atoms with E-state index in [1.165, 1.54) is 18.2 Å². The number of ether oxygens (including phenoxy) is 1. The molecular formula is C17H19F2NO. The van der Waals surface area contributed by atoms with Crippen LogP contribution in [0.1, 0.15) is 19.4 Å². The summed E-state index contributed by atoms with van der Waals surface area (Å²) in [4.78, 5) is 0. The topological polar surface area (TPSA) is 21.3 Å². The fourth-order valence-corrected chi connectivity index (χ4v) is 1.95.